The Morgan fingerprint density at radius 3 is 2.62 bits per heavy atom. The van der Waals surface area contributed by atoms with Gasteiger partial charge in [-0.15, -0.1) is 0 Å². The standard InChI is InChI=1S/C20H24N2O2/c1-14(15-9-11-21-12-10-15)22-19(23)20(2,3)24-18-8-7-16-5-4-6-17(16)13-18/h7-14H,4-6H2,1-3H3,(H,22,23)/t14-/m1/s1. The second-order valence-corrected chi connectivity index (χ2v) is 6.87. The topological polar surface area (TPSA) is 51.2 Å². The van der Waals surface area contributed by atoms with Gasteiger partial charge in [0.1, 0.15) is 5.75 Å². The van der Waals surface area contributed by atoms with E-state index in [0.717, 1.165) is 24.2 Å². The van der Waals surface area contributed by atoms with E-state index < -0.39 is 5.60 Å². The maximum absolute atomic E-state index is 12.6. The van der Waals surface area contributed by atoms with Crippen LogP contribution in [-0.2, 0) is 17.6 Å². The fourth-order valence-electron chi connectivity index (χ4n) is 3.06. The second-order valence-electron chi connectivity index (χ2n) is 6.87. The minimum atomic E-state index is -0.936. The van der Waals surface area contributed by atoms with Gasteiger partial charge in [0.2, 0.25) is 0 Å². The maximum atomic E-state index is 12.6. The number of ether oxygens (including phenoxy) is 1. The van der Waals surface area contributed by atoms with Gasteiger partial charge in [-0.1, -0.05) is 6.07 Å². The summed E-state index contributed by atoms with van der Waals surface area (Å²) in [5.41, 5.74) is 2.82. The molecule has 0 fully saturated rings. The lowest BCUT2D eigenvalue weighted by molar-refractivity contribution is -0.134. The summed E-state index contributed by atoms with van der Waals surface area (Å²) < 4.78 is 6.00. The van der Waals surface area contributed by atoms with E-state index in [9.17, 15) is 4.79 Å². The van der Waals surface area contributed by atoms with Crippen LogP contribution in [0.15, 0.2) is 42.7 Å². The lowest BCUT2D eigenvalue weighted by atomic mass is 10.1. The van der Waals surface area contributed by atoms with Crippen molar-refractivity contribution in [2.24, 2.45) is 0 Å². The summed E-state index contributed by atoms with van der Waals surface area (Å²) in [5, 5.41) is 3.02. The van der Waals surface area contributed by atoms with Crippen LogP contribution in [0.4, 0.5) is 0 Å². The smallest absolute Gasteiger partial charge is 0.264 e. The van der Waals surface area contributed by atoms with Crippen LogP contribution in [0.5, 0.6) is 5.75 Å². The van der Waals surface area contributed by atoms with Gasteiger partial charge < -0.3 is 10.1 Å². The molecule has 1 aliphatic carbocycles. The minimum absolute atomic E-state index is 0.0941. The average Bonchev–Trinajstić information content (AvgIpc) is 3.03. The van der Waals surface area contributed by atoms with Gasteiger partial charge in [0.15, 0.2) is 5.60 Å². The molecule has 0 saturated carbocycles. The van der Waals surface area contributed by atoms with Gasteiger partial charge in [-0.3, -0.25) is 9.78 Å². The Morgan fingerprint density at radius 1 is 1.17 bits per heavy atom. The Morgan fingerprint density at radius 2 is 1.88 bits per heavy atom. The summed E-state index contributed by atoms with van der Waals surface area (Å²) in [5.74, 6) is 0.625. The Labute approximate surface area is 143 Å². The Kier molecular flexibility index (Phi) is 4.56. The Hall–Kier alpha value is -2.36. The van der Waals surface area contributed by atoms with E-state index in [1.165, 1.54) is 17.5 Å². The molecule has 4 heteroatoms. The first-order valence-corrected chi connectivity index (χ1v) is 8.47. The monoisotopic (exact) mass is 324 g/mol. The van der Waals surface area contributed by atoms with Crippen LogP contribution in [0.25, 0.3) is 0 Å². The first kappa shape index (κ1) is 16.5. The summed E-state index contributed by atoms with van der Waals surface area (Å²) in [6.07, 6.45) is 6.89. The molecule has 2 aromatic rings. The van der Waals surface area contributed by atoms with Gasteiger partial charge in [-0.25, -0.2) is 0 Å². The molecule has 0 aliphatic heterocycles. The van der Waals surface area contributed by atoms with Crippen molar-refractivity contribution in [3.63, 3.8) is 0 Å². The van der Waals surface area contributed by atoms with Gasteiger partial charge >= 0.3 is 0 Å². The number of pyridine rings is 1. The third kappa shape index (κ3) is 3.58. The number of carbonyl (C=O) groups excluding carboxylic acids is 1. The minimum Gasteiger partial charge on any atom is -0.478 e. The number of aromatic nitrogens is 1. The molecule has 1 aliphatic rings. The van der Waals surface area contributed by atoms with Crippen molar-refractivity contribution in [1.29, 1.82) is 0 Å². The van der Waals surface area contributed by atoms with Crippen LogP contribution >= 0.6 is 0 Å². The highest BCUT2D eigenvalue weighted by Crippen LogP contribution is 2.28. The zero-order valence-electron chi connectivity index (χ0n) is 14.5. The van der Waals surface area contributed by atoms with Crippen LogP contribution in [0.1, 0.15) is 49.9 Å². The van der Waals surface area contributed by atoms with Crippen molar-refractivity contribution in [1.82, 2.24) is 10.3 Å². The van der Waals surface area contributed by atoms with Crippen LogP contribution in [0.2, 0.25) is 0 Å². The number of rotatable bonds is 5. The normalized spacial score (nSPS) is 14.8. The highest BCUT2D eigenvalue weighted by atomic mass is 16.5. The first-order valence-electron chi connectivity index (χ1n) is 8.47. The molecule has 1 aromatic carbocycles. The molecule has 1 amide bonds. The number of fused-ring (bicyclic) bond motifs is 1. The van der Waals surface area contributed by atoms with Gasteiger partial charge in [0.25, 0.3) is 5.91 Å². The van der Waals surface area contributed by atoms with Crippen LogP contribution < -0.4 is 10.1 Å². The van der Waals surface area contributed by atoms with Crippen LogP contribution in [-0.4, -0.2) is 16.5 Å². The number of amides is 1. The predicted octanol–water partition coefficient (Wildman–Crippen LogP) is 3.61. The highest BCUT2D eigenvalue weighted by molar-refractivity contribution is 5.85. The number of carbonyl (C=O) groups is 1. The number of hydrogen-bond acceptors (Lipinski definition) is 3. The fourth-order valence-corrected chi connectivity index (χ4v) is 3.06. The van der Waals surface area contributed by atoms with Crippen molar-refractivity contribution < 1.29 is 9.53 Å². The zero-order valence-corrected chi connectivity index (χ0v) is 14.5. The van der Waals surface area contributed by atoms with Crippen LogP contribution in [0.3, 0.4) is 0 Å². The average molecular weight is 324 g/mol. The third-order valence-corrected chi connectivity index (χ3v) is 4.54. The third-order valence-electron chi connectivity index (χ3n) is 4.54. The molecule has 0 unspecified atom stereocenters. The molecule has 0 bridgehead atoms. The number of hydrogen-bond donors (Lipinski definition) is 1. The molecule has 3 rings (SSSR count). The quantitative estimate of drug-likeness (QED) is 0.914. The van der Waals surface area contributed by atoms with Crippen molar-refractivity contribution in [2.75, 3.05) is 0 Å². The Bertz CT molecular complexity index is 726. The molecule has 0 saturated heterocycles. The molecule has 0 radical (unpaired) electrons. The molecule has 24 heavy (non-hydrogen) atoms. The van der Waals surface area contributed by atoms with Gasteiger partial charge in [0, 0.05) is 12.4 Å². The predicted molar refractivity (Wildman–Crippen MR) is 94.0 cm³/mol. The fraction of sp³-hybridized carbons (Fsp3) is 0.400. The molecule has 1 aromatic heterocycles. The van der Waals surface area contributed by atoms with E-state index in [1.54, 1.807) is 26.2 Å². The first-order chi connectivity index (χ1) is 11.5. The maximum Gasteiger partial charge on any atom is 0.264 e. The number of benzene rings is 1. The molecule has 0 spiro atoms. The van der Waals surface area contributed by atoms with Gasteiger partial charge in [0.05, 0.1) is 6.04 Å². The Balaban J connectivity index is 1.67. The van der Waals surface area contributed by atoms with Gasteiger partial charge in [-0.2, -0.15) is 0 Å². The van der Waals surface area contributed by atoms with Crippen molar-refractivity contribution >= 4 is 5.91 Å². The van der Waals surface area contributed by atoms with Crippen molar-refractivity contribution in [3.05, 3.63) is 59.4 Å². The molecule has 1 atom stereocenters. The highest BCUT2D eigenvalue weighted by Gasteiger charge is 2.31. The van der Waals surface area contributed by atoms with E-state index in [-0.39, 0.29) is 11.9 Å². The second kappa shape index (κ2) is 6.63. The summed E-state index contributed by atoms with van der Waals surface area (Å²) in [4.78, 5) is 16.6. The zero-order chi connectivity index (χ0) is 17.2. The lowest BCUT2D eigenvalue weighted by Gasteiger charge is -2.27. The molecule has 1 heterocycles. The number of nitrogens with one attached hydrogen (secondary N) is 1. The van der Waals surface area contributed by atoms with E-state index in [0.29, 0.717) is 0 Å². The van der Waals surface area contributed by atoms with E-state index >= 15 is 0 Å². The number of nitrogens with zero attached hydrogens (tertiary/aromatic N) is 1. The molecule has 126 valence electrons. The van der Waals surface area contributed by atoms with Crippen molar-refractivity contribution in [2.45, 2.75) is 51.7 Å². The number of aryl methyl sites for hydroxylation is 2. The van der Waals surface area contributed by atoms with Crippen molar-refractivity contribution in [3.8, 4) is 5.75 Å². The summed E-state index contributed by atoms with van der Waals surface area (Å²) in [6, 6.07) is 9.86. The summed E-state index contributed by atoms with van der Waals surface area (Å²) in [6.45, 7) is 5.56. The molecule has 1 N–H and O–H groups in total. The van der Waals surface area contributed by atoms with E-state index in [4.69, 9.17) is 4.74 Å². The largest absolute Gasteiger partial charge is 0.478 e. The van der Waals surface area contributed by atoms with E-state index in [1.807, 2.05) is 25.1 Å². The van der Waals surface area contributed by atoms with E-state index in [2.05, 4.69) is 22.4 Å². The van der Waals surface area contributed by atoms with Gasteiger partial charge in [-0.05, 0) is 81.0 Å². The molecular formula is C20H24N2O2. The molecular weight excluding hydrogens is 300 g/mol. The molecule has 4 nitrogen and oxygen atoms in total. The van der Waals surface area contributed by atoms with Crippen LogP contribution in [0, 0.1) is 0 Å². The summed E-state index contributed by atoms with van der Waals surface area (Å²) in [7, 11) is 0. The lowest BCUT2D eigenvalue weighted by Crippen LogP contribution is -2.47. The summed E-state index contributed by atoms with van der Waals surface area (Å²) >= 11 is 0. The SMILES string of the molecule is C[C@@H](NC(=O)C(C)(C)Oc1ccc2c(c1)CCC2)c1ccncc1.